The Kier molecular flexibility index (Phi) is 5.03. The van der Waals surface area contributed by atoms with Crippen LogP contribution >= 0.6 is 0 Å². The first-order chi connectivity index (χ1) is 12.2. The molecule has 0 spiro atoms. The van der Waals surface area contributed by atoms with Gasteiger partial charge in [0, 0.05) is 17.8 Å². The van der Waals surface area contributed by atoms with Gasteiger partial charge < -0.3 is 15.6 Å². The molecule has 25 heavy (non-hydrogen) atoms. The highest BCUT2D eigenvalue weighted by atomic mass is 16.5. The van der Waals surface area contributed by atoms with Crippen molar-refractivity contribution >= 4 is 11.9 Å². The first-order valence-electron chi connectivity index (χ1n) is 8.08. The van der Waals surface area contributed by atoms with E-state index in [2.05, 4.69) is 27.4 Å². The minimum absolute atomic E-state index is 0.120. The number of nitrogens with two attached hydrogens (primary N) is 1. The number of hydrogen-bond acceptors (Lipinski definition) is 6. The average Bonchev–Trinajstić information content (AvgIpc) is 3.08. The SMILES string of the molecule is CCCc1cc(CNC(=O)c2cnc(N)nc2-c2ccccc2)on1. The fourth-order valence-electron chi connectivity index (χ4n) is 2.45. The van der Waals surface area contributed by atoms with E-state index < -0.39 is 0 Å². The lowest BCUT2D eigenvalue weighted by Crippen LogP contribution is -2.24. The zero-order chi connectivity index (χ0) is 17.6. The van der Waals surface area contributed by atoms with Crippen LogP contribution in [-0.2, 0) is 13.0 Å². The van der Waals surface area contributed by atoms with Crippen molar-refractivity contribution in [2.24, 2.45) is 0 Å². The predicted molar refractivity (Wildman–Crippen MR) is 93.5 cm³/mol. The van der Waals surface area contributed by atoms with E-state index in [1.165, 1.54) is 6.20 Å². The molecule has 0 aliphatic heterocycles. The zero-order valence-electron chi connectivity index (χ0n) is 13.9. The summed E-state index contributed by atoms with van der Waals surface area (Å²) in [4.78, 5) is 20.7. The Labute approximate surface area is 145 Å². The highest BCUT2D eigenvalue weighted by Crippen LogP contribution is 2.21. The van der Waals surface area contributed by atoms with Crippen molar-refractivity contribution in [2.45, 2.75) is 26.3 Å². The molecule has 0 aliphatic carbocycles. The van der Waals surface area contributed by atoms with Crippen molar-refractivity contribution in [1.29, 1.82) is 0 Å². The number of nitrogen functional groups attached to an aromatic ring is 1. The molecule has 0 radical (unpaired) electrons. The van der Waals surface area contributed by atoms with Gasteiger partial charge in [-0.25, -0.2) is 9.97 Å². The summed E-state index contributed by atoms with van der Waals surface area (Å²) in [5, 5.41) is 6.77. The van der Waals surface area contributed by atoms with Crippen LogP contribution in [0, 0.1) is 0 Å². The number of nitrogens with one attached hydrogen (secondary N) is 1. The van der Waals surface area contributed by atoms with Crippen molar-refractivity contribution in [3.8, 4) is 11.3 Å². The fraction of sp³-hybridized carbons (Fsp3) is 0.222. The summed E-state index contributed by atoms with van der Waals surface area (Å²) in [5.41, 5.74) is 8.21. The molecule has 1 amide bonds. The van der Waals surface area contributed by atoms with Crippen molar-refractivity contribution < 1.29 is 9.32 Å². The smallest absolute Gasteiger partial charge is 0.255 e. The van der Waals surface area contributed by atoms with E-state index in [1.807, 2.05) is 36.4 Å². The second kappa shape index (κ2) is 7.57. The summed E-state index contributed by atoms with van der Waals surface area (Å²) in [6.07, 6.45) is 3.27. The predicted octanol–water partition coefficient (Wildman–Crippen LogP) is 2.60. The van der Waals surface area contributed by atoms with Gasteiger partial charge in [0.1, 0.15) is 0 Å². The van der Waals surface area contributed by atoms with E-state index in [4.69, 9.17) is 10.3 Å². The van der Waals surface area contributed by atoms with Gasteiger partial charge in [-0.3, -0.25) is 4.79 Å². The summed E-state index contributed by atoms with van der Waals surface area (Å²) in [5.74, 6) is 0.427. The average molecular weight is 337 g/mol. The van der Waals surface area contributed by atoms with Crippen LogP contribution in [-0.4, -0.2) is 21.0 Å². The van der Waals surface area contributed by atoms with Crippen molar-refractivity contribution in [1.82, 2.24) is 20.4 Å². The molecule has 1 aromatic carbocycles. The molecular formula is C18H19N5O2. The molecule has 0 fully saturated rings. The number of hydrogen-bond donors (Lipinski definition) is 2. The van der Waals surface area contributed by atoms with E-state index in [0.29, 0.717) is 17.0 Å². The summed E-state index contributed by atoms with van der Waals surface area (Å²) < 4.78 is 5.22. The number of aryl methyl sites for hydroxylation is 1. The molecule has 3 rings (SSSR count). The number of aromatic nitrogens is 3. The largest absolute Gasteiger partial charge is 0.368 e. The van der Waals surface area contributed by atoms with Crippen LogP contribution in [0.25, 0.3) is 11.3 Å². The fourth-order valence-corrected chi connectivity index (χ4v) is 2.45. The molecule has 0 aliphatic rings. The monoisotopic (exact) mass is 337 g/mol. The first-order valence-corrected chi connectivity index (χ1v) is 8.08. The molecule has 0 atom stereocenters. The molecule has 0 saturated carbocycles. The Morgan fingerprint density at radius 3 is 2.84 bits per heavy atom. The lowest BCUT2D eigenvalue weighted by atomic mass is 10.1. The van der Waals surface area contributed by atoms with Crippen LogP contribution < -0.4 is 11.1 Å². The van der Waals surface area contributed by atoms with Crippen molar-refractivity contribution in [2.75, 3.05) is 5.73 Å². The van der Waals surface area contributed by atoms with Gasteiger partial charge in [0.05, 0.1) is 23.5 Å². The third-order valence-electron chi connectivity index (χ3n) is 3.64. The van der Waals surface area contributed by atoms with Crippen LogP contribution in [0.2, 0.25) is 0 Å². The van der Waals surface area contributed by atoms with Crippen LogP contribution in [0.5, 0.6) is 0 Å². The normalized spacial score (nSPS) is 10.6. The van der Waals surface area contributed by atoms with Crippen molar-refractivity contribution in [3.05, 3.63) is 59.6 Å². The second-order valence-electron chi connectivity index (χ2n) is 5.57. The molecule has 3 aromatic rings. The molecule has 0 unspecified atom stereocenters. The Morgan fingerprint density at radius 1 is 1.28 bits per heavy atom. The van der Waals surface area contributed by atoms with E-state index in [0.717, 1.165) is 24.1 Å². The lowest BCUT2D eigenvalue weighted by Gasteiger charge is -2.09. The highest BCUT2D eigenvalue weighted by Gasteiger charge is 2.16. The summed E-state index contributed by atoms with van der Waals surface area (Å²) in [6, 6.07) is 11.2. The maximum absolute atomic E-state index is 12.6. The molecule has 7 heteroatoms. The maximum atomic E-state index is 12.6. The minimum Gasteiger partial charge on any atom is -0.368 e. The summed E-state index contributed by atoms with van der Waals surface area (Å²) in [7, 11) is 0. The van der Waals surface area contributed by atoms with E-state index in [-0.39, 0.29) is 18.4 Å². The zero-order valence-corrected chi connectivity index (χ0v) is 13.9. The van der Waals surface area contributed by atoms with Gasteiger partial charge in [0.2, 0.25) is 5.95 Å². The summed E-state index contributed by atoms with van der Waals surface area (Å²) in [6.45, 7) is 2.32. The van der Waals surface area contributed by atoms with Gasteiger partial charge in [-0.15, -0.1) is 0 Å². The van der Waals surface area contributed by atoms with E-state index >= 15 is 0 Å². The Hall–Kier alpha value is -3.22. The Morgan fingerprint density at radius 2 is 2.08 bits per heavy atom. The van der Waals surface area contributed by atoms with Crippen LogP contribution in [0.1, 0.15) is 35.2 Å². The number of rotatable bonds is 6. The van der Waals surface area contributed by atoms with Crippen molar-refractivity contribution in [3.63, 3.8) is 0 Å². The van der Waals surface area contributed by atoms with Gasteiger partial charge in [-0.05, 0) is 6.42 Å². The van der Waals surface area contributed by atoms with Gasteiger partial charge >= 0.3 is 0 Å². The number of benzene rings is 1. The molecule has 2 heterocycles. The molecule has 0 saturated heterocycles. The quantitative estimate of drug-likeness (QED) is 0.716. The number of amides is 1. The standard InChI is InChI=1S/C18H19N5O2/c1-2-6-13-9-14(25-23-13)10-20-17(24)15-11-21-18(19)22-16(15)12-7-4-3-5-8-12/h3-5,7-9,11H,2,6,10H2,1H3,(H,20,24)(H2,19,21,22). The Bertz CT molecular complexity index is 861. The molecule has 7 nitrogen and oxygen atoms in total. The van der Waals surface area contributed by atoms with Gasteiger partial charge in [-0.1, -0.05) is 48.8 Å². The topological polar surface area (TPSA) is 107 Å². The van der Waals surface area contributed by atoms with E-state index in [1.54, 1.807) is 0 Å². The number of carbonyl (C=O) groups excluding carboxylic acids is 1. The van der Waals surface area contributed by atoms with Gasteiger partial charge in [0.15, 0.2) is 5.76 Å². The molecule has 0 bridgehead atoms. The van der Waals surface area contributed by atoms with Crippen LogP contribution in [0.3, 0.4) is 0 Å². The number of anilines is 1. The first kappa shape index (κ1) is 16.6. The molecular weight excluding hydrogens is 318 g/mol. The van der Waals surface area contributed by atoms with Gasteiger partial charge in [-0.2, -0.15) is 0 Å². The van der Waals surface area contributed by atoms with Crippen LogP contribution in [0.4, 0.5) is 5.95 Å². The third-order valence-corrected chi connectivity index (χ3v) is 3.64. The molecule has 2 aromatic heterocycles. The molecule has 3 N–H and O–H groups in total. The highest BCUT2D eigenvalue weighted by molar-refractivity contribution is 5.99. The lowest BCUT2D eigenvalue weighted by molar-refractivity contribution is 0.0947. The number of nitrogens with zero attached hydrogens (tertiary/aromatic N) is 3. The second-order valence-corrected chi connectivity index (χ2v) is 5.57. The van der Waals surface area contributed by atoms with Gasteiger partial charge in [0.25, 0.3) is 5.91 Å². The molecule has 128 valence electrons. The minimum atomic E-state index is -0.299. The maximum Gasteiger partial charge on any atom is 0.255 e. The Balaban J connectivity index is 1.77. The van der Waals surface area contributed by atoms with Crippen LogP contribution in [0.15, 0.2) is 47.1 Å². The number of carbonyl (C=O) groups is 1. The van der Waals surface area contributed by atoms with E-state index in [9.17, 15) is 4.79 Å². The summed E-state index contributed by atoms with van der Waals surface area (Å²) >= 11 is 0. The third kappa shape index (κ3) is 4.00.